The van der Waals surface area contributed by atoms with Gasteiger partial charge in [-0.15, -0.1) is 11.3 Å². The number of halogens is 3. The van der Waals surface area contributed by atoms with Gasteiger partial charge in [0.1, 0.15) is 11.3 Å². The molecule has 36 heavy (non-hydrogen) atoms. The second kappa shape index (κ2) is 7.89. The van der Waals surface area contributed by atoms with E-state index in [-0.39, 0.29) is 16.9 Å². The SMILES string of the molecule is O=C(N1CC2(CCN(Cc3nc(C(F)(F)F)cs3)CC2)C1)N1CC2(CC(n3cnc(C4CC4)n3)C2)C1. The van der Waals surface area contributed by atoms with Crippen LogP contribution in [-0.2, 0) is 12.7 Å². The first-order valence-corrected chi connectivity index (χ1v) is 13.8. The van der Waals surface area contributed by atoms with Crippen LogP contribution in [0.3, 0.4) is 0 Å². The Kier molecular flexibility index (Phi) is 5.03. The van der Waals surface area contributed by atoms with Gasteiger partial charge in [-0.2, -0.15) is 18.3 Å². The van der Waals surface area contributed by atoms with Gasteiger partial charge < -0.3 is 9.80 Å². The van der Waals surface area contributed by atoms with E-state index in [2.05, 4.69) is 20.0 Å². The Bertz CT molecular complexity index is 1140. The van der Waals surface area contributed by atoms with E-state index in [1.807, 2.05) is 20.8 Å². The number of nitrogens with zero attached hydrogens (tertiary/aromatic N) is 7. The van der Waals surface area contributed by atoms with Gasteiger partial charge in [0.25, 0.3) is 0 Å². The van der Waals surface area contributed by atoms with Gasteiger partial charge in [-0.25, -0.2) is 19.4 Å². The highest BCUT2D eigenvalue weighted by atomic mass is 32.1. The molecule has 8 nitrogen and oxygen atoms in total. The topological polar surface area (TPSA) is 70.4 Å². The van der Waals surface area contributed by atoms with Crippen molar-refractivity contribution in [1.29, 1.82) is 0 Å². The average molecular weight is 522 g/mol. The van der Waals surface area contributed by atoms with Crippen LogP contribution in [0.25, 0.3) is 0 Å². The third-order valence-electron chi connectivity index (χ3n) is 8.94. The molecule has 5 fully saturated rings. The van der Waals surface area contributed by atoms with Gasteiger partial charge in [0.2, 0.25) is 0 Å². The molecule has 0 N–H and O–H groups in total. The Balaban J connectivity index is 0.843. The number of hydrogen-bond acceptors (Lipinski definition) is 6. The third-order valence-corrected chi connectivity index (χ3v) is 9.78. The van der Waals surface area contributed by atoms with E-state index in [0.717, 1.165) is 87.5 Å². The minimum atomic E-state index is -4.38. The van der Waals surface area contributed by atoms with Crippen molar-refractivity contribution in [2.45, 2.75) is 63.2 Å². The zero-order valence-corrected chi connectivity index (χ0v) is 20.9. The maximum Gasteiger partial charge on any atom is 0.434 e. The zero-order chi connectivity index (χ0) is 24.7. The number of likely N-dealkylation sites (tertiary alicyclic amines) is 3. The molecule has 2 aliphatic carbocycles. The fourth-order valence-corrected chi connectivity index (χ4v) is 7.42. The van der Waals surface area contributed by atoms with Gasteiger partial charge in [0.05, 0.1) is 12.6 Å². The molecule has 2 aromatic heterocycles. The van der Waals surface area contributed by atoms with Crippen molar-refractivity contribution in [2.75, 3.05) is 39.3 Å². The number of thiazole rings is 1. The number of piperidine rings is 1. The van der Waals surface area contributed by atoms with Crippen LogP contribution in [0.2, 0.25) is 0 Å². The summed E-state index contributed by atoms with van der Waals surface area (Å²) in [6.07, 6.45) is 4.03. The molecule has 2 spiro atoms. The van der Waals surface area contributed by atoms with Crippen molar-refractivity contribution in [1.82, 2.24) is 34.4 Å². The lowest BCUT2D eigenvalue weighted by molar-refractivity contribution is -0.140. The lowest BCUT2D eigenvalue weighted by atomic mass is 9.60. The molecule has 0 radical (unpaired) electrons. The quantitative estimate of drug-likeness (QED) is 0.609. The van der Waals surface area contributed by atoms with Crippen LogP contribution in [0, 0.1) is 10.8 Å². The molecular formula is C24H30F3N7OS. The van der Waals surface area contributed by atoms with Crippen LogP contribution in [-0.4, -0.2) is 79.7 Å². The average Bonchev–Trinajstić information content (AvgIpc) is 3.29. The highest BCUT2D eigenvalue weighted by Crippen LogP contribution is 2.54. The summed E-state index contributed by atoms with van der Waals surface area (Å²) in [5, 5.41) is 6.29. The van der Waals surface area contributed by atoms with E-state index in [0.29, 0.717) is 23.5 Å². The summed E-state index contributed by atoms with van der Waals surface area (Å²) in [5.41, 5.74) is -0.361. The molecular weight excluding hydrogens is 491 g/mol. The maximum atomic E-state index is 13.0. The molecule has 3 aliphatic heterocycles. The van der Waals surface area contributed by atoms with E-state index in [4.69, 9.17) is 0 Å². The molecule has 194 valence electrons. The normalized spacial score (nSPS) is 25.6. The van der Waals surface area contributed by atoms with Crippen molar-refractivity contribution in [3.8, 4) is 0 Å². The Morgan fingerprint density at radius 3 is 2.33 bits per heavy atom. The standard InChI is InChI=1S/C24H30F3N7OS/c25-24(26,27)18-10-36-19(29-18)9-31-5-3-22(4-6-31)11-32(12-22)21(35)33-13-23(14-33)7-17(8-23)34-15-28-20(30-34)16-1-2-16/h10,15-17H,1-9,11-14H2. The molecule has 0 unspecified atom stereocenters. The predicted octanol–water partition coefficient (Wildman–Crippen LogP) is 3.99. The van der Waals surface area contributed by atoms with Crippen LogP contribution in [0.1, 0.15) is 67.0 Å². The highest BCUT2D eigenvalue weighted by molar-refractivity contribution is 7.09. The summed E-state index contributed by atoms with van der Waals surface area (Å²) in [6, 6.07) is 0.584. The molecule has 2 aromatic rings. The van der Waals surface area contributed by atoms with Crippen LogP contribution < -0.4 is 0 Å². The van der Waals surface area contributed by atoms with Gasteiger partial charge in [0.15, 0.2) is 11.5 Å². The second-order valence-electron chi connectivity index (χ2n) is 11.8. The molecule has 12 heteroatoms. The molecule has 0 atom stereocenters. The Labute approximate surface area is 211 Å². The third kappa shape index (κ3) is 4.00. The minimum absolute atomic E-state index is 0.163. The fraction of sp³-hybridized carbons (Fsp3) is 0.750. The second-order valence-corrected chi connectivity index (χ2v) is 12.8. The summed E-state index contributed by atoms with van der Waals surface area (Å²) in [5.74, 6) is 1.58. The van der Waals surface area contributed by atoms with Gasteiger partial charge in [-0.3, -0.25) is 4.90 Å². The Morgan fingerprint density at radius 1 is 1.06 bits per heavy atom. The monoisotopic (exact) mass is 521 g/mol. The molecule has 5 heterocycles. The van der Waals surface area contributed by atoms with E-state index in [9.17, 15) is 18.0 Å². The molecule has 7 rings (SSSR count). The van der Waals surface area contributed by atoms with Crippen LogP contribution in [0.4, 0.5) is 18.0 Å². The molecule has 5 aliphatic rings. The maximum absolute atomic E-state index is 13.0. The van der Waals surface area contributed by atoms with Gasteiger partial charge in [0, 0.05) is 48.3 Å². The number of carbonyl (C=O) groups is 1. The van der Waals surface area contributed by atoms with Gasteiger partial charge >= 0.3 is 12.2 Å². The van der Waals surface area contributed by atoms with Crippen LogP contribution >= 0.6 is 11.3 Å². The first-order valence-electron chi connectivity index (χ1n) is 12.9. The number of rotatable bonds is 4. The number of carbonyl (C=O) groups excluding carboxylic acids is 1. The van der Waals surface area contributed by atoms with E-state index < -0.39 is 11.9 Å². The van der Waals surface area contributed by atoms with E-state index in [1.54, 1.807) is 0 Å². The Hall–Kier alpha value is -2.21. The largest absolute Gasteiger partial charge is 0.434 e. The van der Waals surface area contributed by atoms with Gasteiger partial charge in [-0.1, -0.05) is 0 Å². The first kappa shape index (κ1) is 22.9. The highest BCUT2D eigenvalue weighted by Gasteiger charge is 2.57. The lowest BCUT2D eigenvalue weighted by Crippen LogP contribution is -2.70. The fourth-order valence-electron chi connectivity index (χ4n) is 6.58. The number of hydrogen-bond donors (Lipinski definition) is 0. The summed E-state index contributed by atoms with van der Waals surface area (Å²) >= 11 is 1.08. The number of amides is 2. The summed E-state index contributed by atoms with van der Waals surface area (Å²) in [4.78, 5) is 27.4. The van der Waals surface area contributed by atoms with E-state index in [1.165, 1.54) is 12.8 Å². The van der Waals surface area contributed by atoms with Crippen molar-refractivity contribution < 1.29 is 18.0 Å². The smallest absolute Gasteiger partial charge is 0.323 e. The molecule has 0 bridgehead atoms. The number of alkyl halides is 3. The van der Waals surface area contributed by atoms with Crippen molar-refractivity contribution in [3.05, 3.63) is 28.2 Å². The van der Waals surface area contributed by atoms with Crippen LogP contribution in [0.5, 0.6) is 0 Å². The molecule has 3 saturated heterocycles. The van der Waals surface area contributed by atoms with Crippen molar-refractivity contribution in [2.24, 2.45) is 10.8 Å². The first-order chi connectivity index (χ1) is 17.2. The number of urea groups is 1. The number of aromatic nitrogens is 4. The van der Waals surface area contributed by atoms with Crippen LogP contribution in [0.15, 0.2) is 11.7 Å². The molecule has 2 amide bonds. The van der Waals surface area contributed by atoms with Gasteiger partial charge in [-0.05, 0) is 51.6 Å². The minimum Gasteiger partial charge on any atom is -0.323 e. The summed E-state index contributed by atoms with van der Waals surface area (Å²) in [6.45, 7) is 5.42. The molecule has 2 saturated carbocycles. The molecule has 0 aromatic carbocycles. The van der Waals surface area contributed by atoms with Crippen molar-refractivity contribution in [3.63, 3.8) is 0 Å². The van der Waals surface area contributed by atoms with Crippen molar-refractivity contribution >= 4 is 17.4 Å². The summed E-state index contributed by atoms with van der Waals surface area (Å²) in [7, 11) is 0. The van der Waals surface area contributed by atoms with E-state index >= 15 is 0 Å². The zero-order valence-electron chi connectivity index (χ0n) is 20.1. The lowest BCUT2D eigenvalue weighted by Gasteiger charge is -2.61. The predicted molar refractivity (Wildman–Crippen MR) is 125 cm³/mol. The Morgan fingerprint density at radius 2 is 1.72 bits per heavy atom. The summed E-state index contributed by atoms with van der Waals surface area (Å²) < 4.78 is 40.4.